The second-order valence-corrected chi connectivity index (χ2v) is 9.34. The average Bonchev–Trinajstić information content (AvgIpc) is 3.35. The minimum atomic E-state index is -3.11. The van der Waals surface area contributed by atoms with E-state index >= 15 is 0 Å². The number of halogens is 2. The zero-order chi connectivity index (χ0) is 16.9. The first kappa shape index (κ1) is 21.6. The maximum Gasteiger partial charge on any atom is 0.211 e. The van der Waals surface area contributed by atoms with Gasteiger partial charge < -0.3 is 10.6 Å². The summed E-state index contributed by atoms with van der Waals surface area (Å²) in [5.41, 5.74) is 7.06. The van der Waals surface area contributed by atoms with Crippen LogP contribution in [0, 0.1) is 0 Å². The van der Waals surface area contributed by atoms with Gasteiger partial charge in [0.2, 0.25) is 10.0 Å². The molecule has 2 heterocycles. The Balaban J connectivity index is 0.00000121. The highest BCUT2D eigenvalue weighted by atomic mass is 35.5. The molecule has 0 aromatic carbocycles. The fourth-order valence-electron chi connectivity index (χ4n) is 3.52. The molecular weight excluding hydrogens is 397 g/mol. The van der Waals surface area contributed by atoms with Crippen LogP contribution in [0.2, 0.25) is 0 Å². The van der Waals surface area contributed by atoms with E-state index in [-0.39, 0.29) is 24.8 Å². The Bertz CT molecular complexity index is 730. The van der Waals surface area contributed by atoms with Gasteiger partial charge in [-0.25, -0.2) is 18.4 Å². The number of nitrogens with two attached hydrogens (primary N) is 1. The van der Waals surface area contributed by atoms with Gasteiger partial charge in [0.25, 0.3) is 0 Å². The van der Waals surface area contributed by atoms with Crippen LogP contribution in [0.4, 0.5) is 5.82 Å². The van der Waals surface area contributed by atoms with Crippen molar-refractivity contribution in [3.63, 3.8) is 0 Å². The van der Waals surface area contributed by atoms with E-state index in [2.05, 4.69) is 11.0 Å². The Morgan fingerprint density at radius 1 is 1.04 bits per heavy atom. The summed E-state index contributed by atoms with van der Waals surface area (Å²) in [6.07, 6.45) is 5.63. The van der Waals surface area contributed by atoms with E-state index in [9.17, 15) is 8.42 Å². The topological polar surface area (TPSA) is 92.4 Å². The first-order chi connectivity index (χ1) is 11.4. The van der Waals surface area contributed by atoms with Crippen molar-refractivity contribution in [2.75, 3.05) is 37.3 Å². The van der Waals surface area contributed by atoms with Crippen LogP contribution in [0.25, 0.3) is 0 Å². The maximum atomic E-state index is 11.7. The molecule has 0 spiro atoms. The SMILES string of the molecule is CS(=O)(=O)N1CCN(c2cc(C3CC(N)C3)nc(C3CC3)n2)CC1.Cl.Cl. The first-order valence-corrected chi connectivity index (χ1v) is 10.6. The second-order valence-electron chi connectivity index (χ2n) is 7.36. The highest BCUT2D eigenvalue weighted by Crippen LogP contribution is 2.41. The van der Waals surface area contributed by atoms with Gasteiger partial charge in [-0.2, -0.15) is 4.31 Å². The summed E-state index contributed by atoms with van der Waals surface area (Å²) < 4.78 is 24.9. The summed E-state index contributed by atoms with van der Waals surface area (Å²) in [5.74, 6) is 2.88. The van der Waals surface area contributed by atoms with Crippen LogP contribution in [0.15, 0.2) is 6.07 Å². The molecule has 1 saturated heterocycles. The summed E-state index contributed by atoms with van der Waals surface area (Å²) in [6.45, 7) is 2.39. The van der Waals surface area contributed by atoms with Crippen LogP contribution in [0.1, 0.15) is 49.0 Å². The summed E-state index contributed by atoms with van der Waals surface area (Å²) in [7, 11) is -3.11. The predicted molar refractivity (Wildman–Crippen MR) is 107 cm³/mol. The number of rotatable bonds is 4. The lowest BCUT2D eigenvalue weighted by molar-refractivity contribution is 0.344. The molecule has 0 unspecified atom stereocenters. The monoisotopic (exact) mass is 423 g/mol. The molecule has 3 fully saturated rings. The number of anilines is 1. The van der Waals surface area contributed by atoms with Gasteiger partial charge in [0.1, 0.15) is 11.6 Å². The fourth-order valence-corrected chi connectivity index (χ4v) is 4.35. The van der Waals surface area contributed by atoms with Crippen molar-refractivity contribution in [1.29, 1.82) is 0 Å². The molecule has 10 heteroatoms. The molecule has 0 bridgehead atoms. The van der Waals surface area contributed by atoms with Crippen molar-refractivity contribution in [3.8, 4) is 0 Å². The van der Waals surface area contributed by atoms with Crippen molar-refractivity contribution in [2.24, 2.45) is 5.73 Å². The molecule has 0 atom stereocenters. The van der Waals surface area contributed by atoms with Gasteiger partial charge in [-0.1, -0.05) is 0 Å². The molecule has 1 aromatic rings. The molecule has 26 heavy (non-hydrogen) atoms. The van der Waals surface area contributed by atoms with Crippen LogP contribution < -0.4 is 10.6 Å². The zero-order valence-electron chi connectivity index (χ0n) is 14.9. The van der Waals surface area contributed by atoms with E-state index in [1.165, 1.54) is 19.1 Å². The standard InChI is InChI=1S/C16H25N5O2S.2ClH/c1-24(22,23)21-6-4-20(5-7-21)15-10-14(12-8-13(17)9-12)18-16(19-15)11-2-3-11;;/h10-13H,2-9,17H2,1H3;2*1H. The molecule has 1 aliphatic heterocycles. The Morgan fingerprint density at radius 3 is 2.15 bits per heavy atom. The number of nitrogens with zero attached hydrogens (tertiary/aromatic N) is 4. The Labute approximate surface area is 167 Å². The van der Waals surface area contributed by atoms with Crippen molar-refractivity contribution in [2.45, 2.75) is 43.6 Å². The van der Waals surface area contributed by atoms with Crippen molar-refractivity contribution < 1.29 is 8.42 Å². The van der Waals surface area contributed by atoms with Gasteiger partial charge in [-0.05, 0) is 25.7 Å². The summed E-state index contributed by atoms with van der Waals surface area (Å²) >= 11 is 0. The van der Waals surface area contributed by atoms with Crippen LogP contribution >= 0.6 is 24.8 Å². The number of hydrogen-bond acceptors (Lipinski definition) is 6. The van der Waals surface area contributed by atoms with Crippen LogP contribution in [0.3, 0.4) is 0 Å². The lowest BCUT2D eigenvalue weighted by Crippen LogP contribution is -2.48. The quantitative estimate of drug-likeness (QED) is 0.787. The normalized spacial score (nSPS) is 26.5. The van der Waals surface area contributed by atoms with Crippen molar-refractivity contribution in [1.82, 2.24) is 14.3 Å². The third kappa shape index (κ3) is 4.59. The maximum absolute atomic E-state index is 11.7. The number of piperazine rings is 1. The number of sulfonamides is 1. The van der Waals surface area contributed by atoms with E-state index in [1.54, 1.807) is 4.31 Å². The molecule has 2 aliphatic carbocycles. The van der Waals surface area contributed by atoms with Crippen LogP contribution in [-0.2, 0) is 10.0 Å². The third-order valence-corrected chi connectivity index (χ3v) is 6.62. The largest absolute Gasteiger partial charge is 0.354 e. The summed E-state index contributed by atoms with van der Waals surface area (Å²) in [4.78, 5) is 11.8. The molecule has 148 valence electrons. The molecule has 3 aliphatic rings. The highest BCUT2D eigenvalue weighted by molar-refractivity contribution is 7.88. The summed E-state index contributed by atoms with van der Waals surface area (Å²) in [5, 5.41) is 0. The van der Waals surface area contributed by atoms with Crippen LogP contribution in [-0.4, -0.2) is 61.2 Å². The zero-order valence-corrected chi connectivity index (χ0v) is 17.3. The van der Waals surface area contributed by atoms with E-state index in [0.717, 1.165) is 30.2 Å². The van der Waals surface area contributed by atoms with Crippen LogP contribution in [0.5, 0.6) is 0 Å². The third-order valence-electron chi connectivity index (χ3n) is 5.32. The lowest BCUT2D eigenvalue weighted by atomic mass is 9.78. The fraction of sp³-hybridized carbons (Fsp3) is 0.750. The molecule has 2 N–H and O–H groups in total. The molecule has 4 rings (SSSR count). The highest BCUT2D eigenvalue weighted by Gasteiger charge is 2.33. The van der Waals surface area contributed by atoms with Crippen molar-refractivity contribution in [3.05, 3.63) is 17.6 Å². The summed E-state index contributed by atoms with van der Waals surface area (Å²) in [6, 6.07) is 2.40. The van der Waals surface area contributed by atoms with E-state index in [1.807, 2.05) is 0 Å². The Kier molecular flexibility index (Phi) is 6.77. The molecule has 0 amide bonds. The molecule has 7 nitrogen and oxygen atoms in total. The average molecular weight is 424 g/mol. The minimum Gasteiger partial charge on any atom is -0.354 e. The van der Waals surface area contributed by atoms with E-state index < -0.39 is 10.0 Å². The molecule has 0 radical (unpaired) electrons. The van der Waals surface area contributed by atoms with Gasteiger partial charge in [-0.15, -0.1) is 24.8 Å². The molecule has 2 saturated carbocycles. The van der Waals surface area contributed by atoms with Gasteiger partial charge >= 0.3 is 0 Å². The predicted octanol–water partition coefficient (Wildman–Crippen LogP) is 1.48. The Hall–Kier alpha value is -0.670. The van der Waals surface area contributed by atoms with Gasteiger partial charge in [0, 0.05) is 55.8 Å². The molecular formula is C16H27Cl2N5O2S. The second kappa shape index (κ2) is 8.14. The van der Waals surface area contributed by atoms with Crippen molar-refractivity contribution >= 4 is 40.7 Å². The smallest absolute Gasteiger partial charge is 0.211 e. The minimum absolute atomic E-state index is 0. The first-order valence-electron chi connectivity index (χ1n) is 8.74. The van der Waals surface area contributed by atoms with Gasteiger partial charge in [0.15, 0.2) is 0 Å². The van der Waals surface area contributed by atoms with E-state index in [4.69, 9.17) is 15.7 Å². The van der Waals surface area contributed by atoms with E-state index in [0.29, 0.717) is 44.1 Å². The van der Waals surface area contributed by atoms with Gasteiger partial charge in [-0.3, -0.25) is 0 Å². The number of hydrogen-bond donors (Lipinski definition) is 1. The van der Waals surface area contributed by atoms with Gasteiger partial charge in [0.05, 0.1) is 6.26 Å². The Morgan fingerprint density at radius 2 is 1.65 bits per heavy atom. The molecule has 1 aromatic heterocycles. The lowest BCUT2D eigenvalue weighted by Gasteiger charge is -2.35. The number of aromatic nitrogens is 2.